The zero-order valence-corrected chi connectivity index (χ0v) is 13.6. The Kier molecular flexibility index (Phi) is 5.22. The van der Waals surface area contributed by atoms with Gasteiger partial charge in [0.15, 0.2) is 5.96 Å². The number of ether oxygens (including phenoxy) is 2. The summed E-state index contributed by atoms with van der Waals surface area (Å²) in [5.41, 5.74) is 6.74. The molecule has 0 saturated carbocycles. The van der Waals surface area contributed by atoms with E-state index in [1.54, 1.807) is 14.2 Å². The highest BCUT2D eigenvalue weighted by Crippen LogP contribution is 2.37. The first kappa shape index (κ1) is 15.8. The molecule has 0 aliphatic carbocycles. The Morgan fingerprint density at radius 1 is 1.43 bits per heavy atom. The van der Waals surface area contributed by atoms with Gasteiger partial charge in [0.25, 0.3) is 0 Å². The van der Waals surface area contributed by atoms with Gasteiger partial charge in [0.05, 0.1) is 26.5 Å². The van der Waals surface area contributed by atoms with Gasteiger partial charge in [-0.25, -0.2) is 0 Å². The van der Waals surface area contributed by atoms with Gasteiger partial charge >= 0.3 is 0 Å². The Balaban J connectivity index is 2.05. The summed E-state index contributed by atoms with van der Waals surface area (Å²) in [6.45, 7) is 2.97. The number of rotatable bonds is 5. The van der Waals surface area contributed by atoms with E-state index in [1.807, 2.05) is 30.0 Å². The van der Waals surface area contributed by atoms with E-state index in [-0.39, 0.29) is 4.75 Å². The van der Waals surface area contributed by atoms with Crippen molar-refractivity contribution in [3.63, 3.8) is 0 Å². The van der Waals surface area contributed by atoms with Crippen LogP contribution in [0, 0.1) is 0 Å². The van der Waals surface area contributed by atoms with Gasteiger partial charge in [0.1, 0.15) is 11.5 Å². The number of guanidine groups is 1. The SMILES string of the molecule is COc1ccc(OC)c(NC(N)=NCC2(C)CCCS2)c1. The van der Waals surface area contributed by atoms with Gasteiger partial charge in [-0.2, -0.15) is 11.8 Å². The molecule has 6 heteroatoms. The monoisotopic (exact) mass is 309 g/mol. The standard InChI is InChI=1S/C15H23N3O2S/c1-15(7-4-8-21-15)10-17-14(16)18-12-9-11(19-2)5-6-13(12)20-3/h5-6,9H,4,7-8,10H2,1-3H3,(H3,16,17,18). The van der Waals surface area contributed by atoms with Gasteiger partial charge in [-0.15, -0.1) is 0 Å². The van der Waals surface area contributed by atoms with E-state index < -0.39 is 0 Å². The topological polar surface area (TPSA) is 68.9 Å². The Bertz CT molecular complexity index is 514. The first-order valence-electron chi connectivity index (χ1n) is 6.99. The van der Waals surface area contributed by atoms with Crippen LogP contribution in [-0.4, -0.2) is 37.2 Å². The van der Waals surface area contributed by atoms with Gasteiger partial charge in [-0.3, -0.25) is 4.99 Å². The summed E-state index contributed by atoms with van der Waals surface area (Å²) >= 11 is 1.97. The molecule has 0 amide bonds. The predicted molar refractivity (Wildman–Crippen MR) is 89.8 cm³/mol. The van der Waals surface area contributed by atoms with Gasteiger partial charge in [0, 0.05) is 10.8 Å². The predicted octanol–water partition coefficient (Wildman–Crippen LogP) is 2.72. The van der Waals surface area contributed by atoms with Crippen LogP contribution in [0.5, 0.6) is 11.5 Å². The number of nitrogens with zero attached hydrogens (tertiary/aromatic N) is 1. The quantitative estimate of drug-likeness (QED) is 0.646. The zero-order chi connectivity index (χ0) is 15.3. The van der Waals surface area contributed by atoms with E-state index in [4.69, 9.17) is 15.2 Å². The van der Waals surface area contributed by atoms with Crippen LogP contribution in [0.1, 0.15) is 19.8 Å². The molecule has 0 spiro atoms. The minimum absolute atomic E-state index is 0.213. The van der Waals surface area contributed by atoms with E-state index in [0.717, 1.165) is 18.0 Å². The average molecular weight is 309 g/mol. The maximum atomic E-state index is 5.99. The number of anilines is 1. The fourth-order valence-corrected chi connectivity index (χ4v) is 3.53. The molecule has 1 fully saturated rings. The molecular formula is C15H23N3O2S. The molecule has 0 aromatic heterocycles. The normalized spacial score (nSPS) is 22.1. The number of aliphatic imine (C=N–C) groups is 1. The Labute approximate surface area is 130 Å². The second kappa shape index (κ2) is 6.93. The van der Waals surface area contributed by atoms with E-state index in [0.29, 0.717) is 11.7 Å². The lowest BCUT2D eigenvalue weighted by atomic mass is 10.1. The van der Waals surface area contributed by atoms with Crippen LogP contribution in [0.25, 0.3) is 0 Å². The van der Waals surface area contributed by atoms with Crippen LogP contribution >= 0.6 is 11.8 Å². The van der Waals surface area contributed by atoms with Crippen molar-refractivity contribution in [3.8, 4) is 11.5 Å². The van der Waals surface area contributed by atoms with Gasteiger partial charge in [-0.05, 0) is 37.7 Å². The number of benzene rings is 1. The molecule has 5 nitrogen and oxygen atoms in total. The van der Waals surface area contributed by atoms with Crippen molar-refractivity contribution in [1.29, 1.82) is 0 Å². The summed E-state index contributed by atoms with van der Waals surface area (Å²) in [5, 5.41) is 3.09. The van der Waals surface area contributed by atoms with Crippen LogP contribution in [0.3, 0.4) is 0 Å². The largest absolute Gasteiger partial charge is 0.497 e. The third kappa shape index (κ3) is 4.20. The molecule has 1 unspecified atom stereocenters. The highest BCUT2D eigenvalue weighted by Gasteiger charge is 2.29. The molecule has 1 aromatic rings. The summed E-state index contributed by atoms with van der Waals surface area (Å²) in [5.74, 6) is 3.05. The fraction of sp³-hybridized carbons (Fsp3) is 0.533. The van der Waals surface area contributed by atoms with Crippen molar-refractivity contribution in [2.75, 3.05) is 31.8 Å². The molecule has 0 bridgehead atoms. The van der Waals surface area contributed by atoms with Crippen molar-refractivity contribution < 1.29 is 9.47 Å². The van der Waals surface area contributed by atoms with E-state index in [2.05, 4.69) is 17.2 Å². The lowest BCUT2D eigenvalue weighted by Crippen LogP contribution is -2.27. The Morgan fingerprint density at radius 3 is 2.86 bits per heavy atom. The van der Waals surface area contributed by atoms with Crippen molar-refractivity contribution >= 4 is 23.4 Å². The van der Waals surface area contributed by atoms with Gasteiger partial charge in [-0.1, -0.05) is 0 Å². The molecule has 1 atom stereocenters. The van der Waals surface area contributed by atoms with Crippen molar-refractivity contribution in [1.82, 2.24) is 0 Å². The molecule has 1 aromatic carbocycles. The lowest BCUT2D eigenvalue weighted by molar-refractivity contribution is 0.405. The molecule has 116 valence electrons. The van der Waals surface area contributed by atoms with Gasteiger partial charge in [0.2, 0.25) is 0 Å². The van der Waals surface area contributed by atoms with Crippen molar-refractivity contribution in [2.45, 2.75) is 24.5 Å². The highest BCUT2D eigenvalue weighted by molar-refractivity contribution is 8.00. The Hall–Kier alpha value is -1.56. The number of nitrogens with one attached hydrogen (secondary N) is 1. The zero-order valence-electron chi connectivity index (χ0n) is 12.8. The minimum Gasteiger partial charge on any atom is -0.497 e. The maximum Gasteiger partial charge on any atom is 0.193 e. The molecule has 1 aliphatic heterocycles. The molecule has 1 saturated heterocycles. The summed E-state index contributed by atoms with van der Waals surface area (Å²) in [6.07, 6.45) is 2.45. The summed E-state index contributed by atoms with van der Waals surface area (Å²) in [6, 6.07) is 5.52. The second-order valence-electron chi connectivity index (χ2n) is 5.29. The number of thioether (sulfide) groups is 1. The molecule has 3 N–H and O–H groups in total. The van der Waals surface area contributed by atoms with Crippen LogP contribution in [0.4, 0.5) is 5.69 Å². The first-order chi connectivity index (χ1) is 10.1. The molecule has 2 rings (SSSR count). The van der Waals surface area contributed by atoms with Crippen LogP contribution in [-0.2, 0) is 0 Å². The third-order valence-electron chi connectivity index (χ3n) is 3.55. The van der Waals surface area contributed by atoms with Crippen LogP contribution in [0.2, 0.25) is 0 Å². The second-order valence-corrected chi connectivity index (χ2v) is 6.98. The number of nitrogens with two attached hydrogens (primary N) is 1. The van der Waals surface area contributed by atoms with Crippen LogP contribution in [0.15, 0.2) is 23.2 Å². The molecule has 1 heterocycles. The number of hydrogen-bond donors (Lipinski definition) is 2. The lowest BCUT2D eigenvalue weighted by Gasteiger charge is -2.20. The third-order valence-corrected chi connectivity index (χ3v) is 5.08. The summed E-state index contributed by atoms with van der Waals surface area (Å²) < 4.78 is 10.7. The fourth-order valence-electron chi connectivity index (χ4n) is 2.30. The summed E-state index contributed by atoms with van der Waals surface area (Å²) in [7, 11) is 3.25. The first-order valence-corrected chi connectivity index (χ1v) is 7.98. The molecule has 1 aliphatic rings. The highest BCUT2D eigenvalue weighted by atomic mass is 32.2. The molecule has 0 radical (unpaired) electrons. The molecular weight excluding hydrogens is 286 g/mol. The Morgan fingerprint density at radius 2 is 2.24 bits per heavy atom. The van der Waals surface area contributed by atoms with Crippen molar-refractivity contribution in [2.24, 2.45) is 10.7 Å². The van der Waals surface area contributed by atoms with E-state index in [9.17, 15) is 0 Å². The minimum atomic E-state index is 0.213. The van der Waals surface area contributed by atoms with Gasteiger partial charge < -0.3 is 20.5 Å². The van der Waals surface area contributed by atoms with E-state index in [1.165, 1.54) is 18.6 Å². The average Bonchev–Trinajstić information content (AvgIpc) is 2.92. The smallest absolute Gasteiger partial charge is 0.193 e. The van der Waals surface area contributed by atoms with E-state index >= 15 is 0 Å². The molecule has 21 heavy (non-hydrogen) atoms. The number of hydrogen-bond acceptors (Lipinski definition) is 4. The van der Waals surface area contributed by atoms with Crippen molar-refractivity contribution in [3.05, 3.63) is 18.2 Å². The summed E-state index contributed by atoms with van der Waals surface area (Å²) in [4.78, 5) is 4.47. The van der Waals surface area contributed by atoms with Crippen LogP contribution < -0.4 is 20.5 Å². The maximum absolute atomic E-state index is 5.99. The number of methoxy groups -OCH3 is 2.